The minimum atomic E-state index is 1.00. The molecule has 0 atom stereocenters. The lowest BCUT2D eigenvalue weighted by Gasteiger charge is -1.93. The molecule has 1 aromatic carbocycles. The first-order valence-electron chi connectivity index (χ1n) is 4.37. The van der Waals surface area contributed by atoms with Crippen LogP contribution in [0.3, 0.4) is 0 Å². The second-order valence-electron chi connectivity index (χ2n) is 2.24. The molecule has 2 heteroatoms. The minimum absolute atomic E-state index is 1.00. The van der Waals surface area contributed by atoms with E-state index in [1.54, 1.807) is 0 Å². The van der Waals surface area contributed by atoms with Crippen LogP contribution < -0.4 is 0 Å². The van der Waals surface area contributed by atoms with Crippen LogP contribution in [0.5, 0.6) is 0 Å². The van der Waals surface area contributed by atoms with Crippen molar-refractivity contribution in [2.75, 3.05) is 14.2 Å². The third-order valence-electron chi connectivity index (χ3n) is 1.38. The Morgan fingerprint density at radius 1 is 0.923 bits per heavy atom. The van der Waals surface area contributed by atoms with Gasteiger partial charge in [-0.1, -0.05) is 43.7 Å². The molecule has 2 nitrogen and oxygen atoms in total. The van der Waals surface area contributed by atoms with E-state index in [2.05, 4.69) is 37.3 Å². The van der Waals surface area contributed by atoms with E-state index in [0.29, 0.717) is 0 Å². The zero-order valence-electron chi connectivity index (χ0n) is 8.70. The number of hydrogen-bond acceptors (Lipinski definition) is 2. The van der Waals surface area contributed by atoms with Crippen molar-refractivity contribution in [1.82, 2.24) is 0 Å². The molecule has 2 N–H and O–H groups in total. The number of rotatable bonds is 2. The molecule has 0 aliphatic carbocycles. The van der Waals surface area contributed by atoms with Crippen LogP contribution in [0.1, 0.15) is 18.9 Å². The molecule has 0 spiro atoms. The fourth-order valence-corrected chi connectivity index (χ4v) is 0.933. The molecular weight excluding hydrogens is 164 g/mol. The SMILES string of the molecule is CCCc1ccccc1.CO.CO. The van der Waals surface area contributed by atoms with E-state index < -0.39 is 0 Å². The van der Waals surface area contributed by atoms with E-state index in [1.807, 2.05) is 0 Å². The lowest BCUT2D eigenvalue weighted by Crippen LogP contribution is -1.78. The van der Waals surface area contributed by atoms with Gasteiger partial charge in [0.25, 0.3) is 0 Å². The van der Waals surface area contributed by atoms with Crippen molar-refractivity contribution >= 4 is 0 Å². The summed E-state index contributed by atoms with van der Waals surface area (Å²) in [7, 11) is 2.00. The fraction of sp³-hybridized carbons (Fsp3) is 0.455. The highest BCUT2D eigenvalue weighted by Gasteiger charge is 1.84. The van der Waals surface area contributed by atoms with Crippen molar-refractivity contribution in [3.63, 3.8) is 0 Å². The maximum absolute atomic E-state index is 7.00. The van der Waals surface area contributed by atoms with Gasteiger partial charge in [0.15, 0.2) is 0 Å². The minimum Gasteiger partial charge on any atom is -0.400 e. The van der Waals surface area contributed by atoms with Gasteiger partial charge in [0.2, 0.25) is 0 Å². The Kier molecular flexibility index (Phi) is 15.5. The van der Waals surface area contributed by atoms with Gasteiger partial charge in [0, 0.05) is 14.2 Å². The lowest BCUT2D eigenvalue weighted by atomic mass is 10.1. The lowest BCUT2D eigenvalue weighted by molar-refractivity contribution is 0.399. The molecule has 0 bridgehead atoms. The van der Waals surface area contributed by atoms with Crippen molar-refractivity contribution in [2.45, 2.75) is 19.8 Å². The summed E-state index contributed by atoms with van der Waals surface area (Å²) in [6, 6.07) is 10.6. The highest BCUT2D eigenvalue weighted by molar-refractivity contribution is 5.14. The Bertz CT molecular complexity index is 161. The zero-order chi connectivity index (χ0) is 10.5. The van der Waals surface area contributed by atoms with Crippen LogP contribution in [-0.2, 0) is 6.42 Å². The van der Waals surface area contributed by atoms with Crippen molar-refractivity contribution < 1.29 is 10.2 Å². The molecule has 76 valence electrons. The van der Waals surface area contributed by atoms with E-state index in [0.717, 1.165) is 14.2 Å². The smallest absolute Gasteiger partial charge is 0.0319 e. The molecule has 0 heterocycles. The van der Waals surface area contributed by atoms with E-state index in [1.165, 1.54) is 18.4 Å². The van der Waals surface area contributed by atoms with E-state index >= 15 is 0 Å². The van der Waals surface area contributed by atoms with E-state index in [9.17, 15) is 0 Å². The van der Waals surface area contributed by atoms with Gasteiger partial charge in [-0.25, -0.2) is 0 Å². The van der Waals surface area contributed by atoms with Crippen LogP contribution in [0.4, 0.5) is 0 Å². The average molecular weight is 184 g/mol. The van der Waals surface area contributed by atoms with Gasteiger partial charge in [0.05, 0.1) is 0 Å². The first kappa shape index (κ1) is 14.7. The highest BCUT2D eigenvalue weighted by Crippen LogP contribution is 2.00. The summed E-state index contributed by atoms with van der Waals surface area (Å²) in [4.78, 5) is 0. The summed E-state index contributed by atoms with van der Waals surface area (Å²) in [5.74, 6) is 0. The number of aliphatic hydroxyl groups excluding tert-OH is 2. The molecule has 0 amide bonds. The normalized spacial score (nSPS) is 7.46. The molecule has 0 aromatic heterocycles. The Morgan fingerprint density at radius 2 is 1.38 bits per heavy atom. The summed E-state index contributed by atoms with van der Waals surface area (Å²) < 4.78 is 0. The summed E-state index contributed by atoms with van der Waals surface area (Å²) in [5, 5.41) is 14.0. The van der Waals surface area contributed by atoms with Crippen molar-refractivity contribution in [3.8, 4) is 0 Å². The molecule has 0 fully saturated rings. The second kappa shape index (κ2) is 13.7. The maximum Gasteiger partial charge on any atom is 0.0319 e. The number of aliphatic hydroxyl groups is 2. The first-order chi connectivity index (χ1) is 6.43. The maximum atomic E-state index is 7.00. The van der Waals surface area contributed by atoms with Crippen LogP contribution in [-0.4, -0.2) is 24.4 Å². The largest absolute Gasteiger partial charge is 0.400 e. The second-order valence-corrected chi connectivity index (χ2v) is 2.24. The van der Waals surface area contributed by atoms with Gasteiger partial charge in [-0.05, 0) is 12.0 Å². The highest BCUT2D eigenvalue weighted by atomic mass is 16.2. The summed E-state index contributed by atoms with van der Waals surface area (Å²) in [5.41, 5.74) is 1.44. The zero-order valence-corrected chi connectivity index (χ0v) is 8.70. The molecule has 0 aliphatic heterocycles. The predicted molar refractivity (Wildman–Crippen MR) is 56.7 cm³/mol. The molecule has 13 heavy (non-hydrogen) atoms. The van der Waals surface area contributed by atoms with Crippen LogP contribution in [0.25, 0.3) is 0 Å². The predicted octanol–water partition coefficient (Wildman–Crippen LogP) is 1.86. The van der Waals surface area contributed by atoms with Crippen molar-refractivity contribution in [3.05, 3.63) is 35.9 Å². The monoisotopic (exact) mass is 184 g/mol. The average Bonchev–Trinajstić information content (AvgIpc) is 2.26. The van der Waals surface area contributed by atoms with Crippen LogP contribution in [0, 0.1) is 0 Å². The summed E-state index contributed by atoms with van der Waals surface area (Å²) in [6.45, 7) is 2.20. The summed E-state index contributed by atoms with van der Waals surface area (Å²) in [6.07, 6.45) is 2.45. The van der Waals surface area contributed by atoms with Gasteiger partial charge in [0.1, 0.15) is 0 Å². The Hall–Kier alpha value is -0.860. The fourth-order valence-electron chi connectivity index (χ4n) is 0.933. The van der Waals surface area contributed by atoms with Crippen molar-refractivity contribution in [2.24, 2.45) is 0 Å². The third kappa shape index (κ3) is 9.05. The number of hydrogen-bond donors (Lipinski definition) is 2. The Balaban J connectivity index is 0. The molecule has 0 saturated heterocycles. The van der Waals surface area contributed by atoms with Gasteiger partial charge in [-0.3, -0.25) is 0 Å². The number of benzene rings is 1. The quantitative estimate of drug-likeness (QED) is 0.736. The topological polar surface area (TPSA) is 40.5 Å². The molecule has 0 saturated carbocycles. The van der Waals surface area contributed by atoms with E-state index in [-0.39, 0.29) is 0 Å². The number of aryl methyl sites for hydroxylation is 1. The molecule has 0 radical (unpaired) electrons. The van der Waals surface area contributed by atoms with Crippen LogP contribution in [0.15, 0.2) is 30.3 Å². The van der Waals surface area contributed by atoms with Crippen LogP contribution >= 0.6 is 0 Å². The standard InChI is InChI=1S/C9H12.2CH4O/c1-2-6-9-7-4-3-5-8-9;2*1-2/h3-5,7-8H,2,6H2,1H3;2*2H,1H3. The van der Waals surface area contributed by atoms with E-state index in [4.69, 9.17) is 10.2 Å². The Morgan fingerprint density at radius 3 is 1.77 bits per heavy atom. The van der Waals surface area contributed by atoms with Gasteiger partial charge >= 0.3 is 0 Å². The molecule has 0 unspecified atom stereocenters. The van der Waals surface area contributed by atoms with Gasteiger partial charge in [-0.2, -0.15) is 0 Å². The van der Waals surface area contributed by atoms with Gasteiger partial charge < -0.3 is 10.2 Å². The Labute approximate surface area is 80.9 Å². The van der Waals surface area contributed by atoms with Crippen LogP contribution in [0.2, 0.25) is 0 Å². The molecule has 1 rings (SSSR count). The molecule has 0 aliphatic rings. The molecular formula is C11H20O2. The van der Waals surface area contributed by atoms with Gasteiger partial charge in [-0.15, -0.1) is 0 Å². The summed E-state index contributed by atoms with van der Waals surface area (Å²) >= 11 is 0. The van der Waals surface area contributed by atoms with Crippen molar-refractivity contribution in [1.29, 1.82) is 0 Å². The third-order valence-corrected chi connectivity index (χ3v) is 1.38. The molecule has 1 aromatic rings. The first-order valence-corrected chi connectivity index (χ1v) is 4.37.